The molecule has 96 valence electrons. The first kappa shape index (κ1) is 14.5. The molecule has 0 saturated heterocycles. The van der Waals surface area contributed by atoms with Gasteiger partial charge in [-0.25, -0.2) is 0 Å². The predicted molar refractivity (Wildman–Crippen MR) is 65.8 cm³/mol. The molecular formula is C12H15BrF3N. The Morgan fingerprint density at radius 3 is 2.35 bits per heavy atom. The Balaban J connectivity index is 2.30. The summed E-state index contributed by atoms with van der Waals surface area (Å²) in [6.45, 7) is 2.31. The maximum Gasteiger partial charge on any atom is 0.389 e. The number of rotatable bonds is 5. The molecule has 1 atom stereocenters. The third-order valence-electron chi connectivity index (χ3n) is 2.46. The lowest BCUT2D eigenvalue weighted by Crippen LogP contribution is -2.21. The Kier molecular flexibility index (Phi) is 5.46. The monoisotopic (exact) mass is 309 g/mol. The van der Waals surface area contributed by atoms with Crippen molar-refractivity contribution in [3.8, 4) is 0 Å². The molecular weight excluding hydrogens is 295 g/mol. The smallest absolute Gasteiger partial charge is 0.310 e. The second kappa shape index (κ2) is 6.40. The van der Waals surface area contributed by atoms with Gasteiger partial charge in [0.25, 0.3) is 0 Å². The van der Waals surface area contributed by atoms with Crippen molar-refractivity contribution in [3.63, 3.8) is 0 Å². The van der Waals surface area contributed by atoms with Gasteiger partial charge in [0, 0.05) is 16.9 Å². The maximum atomic E-state index is 11.9. The summed E-state index contributed by atoms with van der Waals surface area (Å²) in [5.41, 5.74) is 1.07. The molecule has 0 aliphatic carbocycles. The van der Waals surface area contributed by atoms with Crippen molar-refractivity contribution in [1.29, 1.82) is 0 Å². The van der Waals surface area contributed by atoms with Gasteiger partial charge in [0.1, 0.15) is 0 Å². The van der Waals surface area contributed by atoms with Crippen molar-refractivity contribution in [2.45, 2.75) is 32.0 Å². The van der Waals surface area contributed by atoms with E-state index >= 15 is 0 Å². The molecule has 0 aliphatic rings. The Bertz CT molecular complexity index is 335. The van der Waals surface area contributed by atoms with Gasteiger partial charge in [-0.05, 0) is 37.6 Å². The standard InChI is InChI=1S/C12H15BrF3N/c1-9(10-3-5-11(13)6-4-10)17-8-2-7-12(14,15)16/h3-6,9,17H,2,7-8H2,1H3/t9-/m1/s1. The largest absolute Gasteiger partial charge is 0.389 e. The van der Waals surface area contributed by atoms with Crippen molar-refractivity contribution in [3.05, 3.63) is 34.3 Å². The summed E-state index contributed by atoms with van der Waals surface area (Å²) in [6, 6.07) is 7.81. The Hall–Kier alpha value is -0.550. The number of alkyl halides is 3. The second-order valence-electron chi connectivity index (χ2n) is 3.95. The van der Waals surface area contributed by atoms with Gasteiger partial charge in [-0.3, -0.25) is 0 Å². The van der Waals surface area contributed by atoms with Crippen LogP contribution in [-0.2, 0) is 0 Å². The number of nitrogens with one attached hydrogen (secondary N) is 1. The van der Waals surface area contributed by atoms with Crippen molar-refractivity contribution < 1.29 is 13.2 Å². The Labute approximate surface area is 108 Å². The summed E-state index contributed by atoms with van der Waals surface area (Å²) in [6.07, 6.45) is -4.67. The van der Waals surface area contributed by atoms with Crippen molar-refractivity contribution >= 4 is 15.9 Å². The molecule has 5 heteroatoms. The van der Waals surface area contributed by atoms with Gasteiger partial charge in [0.05, 0.1) is 0 Å². The summed E-state index contributed by atoms with van der Waals surface area (Å²) in [4.78, 5) is 0. The van der Waals surface area contributed by atoms with E-state index in [1.165, 1.54) is 0 Å². The fourth-order valence-electron chi connectivity index (χ4n) is 1.48. The Morgan fingerprint density at radius 2 is 1.82 bits per heavy atom. The molecule has 17 heavy (non-hydrogen) atoms. The van der Waals surface area contributed by atoms with E-state index in [4.69, 9.17) is 0 Å². The van der Waals surface area contributed by atoms with E-state index in [-0.39, 0.29) is 12.5 Å². The van der Waals surface area contributed by atoms with E-state index in [0.717, 1.165) is 10.0 Å². The minimum Gasteiger partial charge on any atom is -0.310 e. The fourth-order valence-corrected chi connectivity index (χ4v) is 1.74. The molecule has 1 nitrogen and oxygen atoms in total. The van der Waals surface area contributed by atoms with Crippen LogP contribution in [0.2, 0.25) is 0 Å². The predicted octanol–water partition coefficient (Wildman–Crippen LogP) is 4.44. The van der Waals surface area contributed by atoms with Crippen LogP contribution in [0.5, 0.6) is 0 Å². The lowest BCUT2D eigenvalue weighted by atomic mass is 10.1. The van der Waals surface area contributed by atoms with E-state index in [0.29, 0.717) is 6.54 Å². The van der Waals surface area contributed by atoms with Crippen LogP contribution in [0.3, 0.4) is 0 Å². The minimum atomic E-state index is -4.05. The molecule has 1 N–H and O–H groups in total. The van der Waals surface area contributed by atoms with Crippen molar-refractivity contribution in [2.75, 3.05) is 6.54 Å². The molecule has 0 spiro atoms. The topological polar surface area (TPSA) is 12.0 Å². The van der Waals surface area contributed by atoms with E-state index < -0.39 is 12.6 Å². The SMILES string of the molecule is C[C@@H](NCCCC(F)(F)F)c1ccc(Br)cc1. The highest BCUT2D eigenvalue weighted by molar-refractivity contribution is 9.10. The van der Waals surface area contributed by atoms with Crippen LogP contribution in [0, 0.1) is 0 Å². The lowest BCUT2D eigenvalue weighted by Gasteiger charge is -2.14. The third kappa shape index (κ3) is 6.07. The van der Waals surface area contributed by atoms with Crippen LogP contribution >= 0.6 is 15.9 Å². The molecule has 1 aromatic carbocycles. The van der Waals surface area contributed by atoms with E-state index in [2.05, 4.69) is 21.2 Å². The molecule has 0 aromatic heterocycles. The highest BCUT2D eigenvalue weighted by atomic mass is 79.9. The van der Waals surface area contributed by atoms with Gasteiger partial charge in [-0.1, -0.05) is 28.1 Å². The van der Waals surface area contributed by atoms with Gasteiger partial charge < -0.3 is 5.32 Å². The Morgan fingerprint density at radius 1 is 1.24 bits per heavy atom. The van der Waals surface area contributed by atoms with Crippen LogP contribution in [0.25, 0.3) is 0 Å². The quantitative estimate of drug-likeness (QED) is 0.793. The molecule has 0 bridgehead atoms. The van der Waals surface area contributed by atoms with Gasteiger partial charge in [-0.2, -0.15) is 13.2 Å². The number of benzene rings is 1. The van der Waals surface area contributed by atoms with Gasteiger partial charge in [0.2, 0.25) is 0 Å². The van der Waals surface area contributed by atoms with Gasteiger partial charge in [0.15, 0.2) is 0 Å². The average Bonchev–Trinajstić information content (AvgIpc) is 2.24. The van der Waals surface area contributed by atoms with Gasteiger partial charge in [-0.15, -0.1) is 0 Å². The first-order chi connectivity index (χ1) is 7.88. The zero-order valence-corrected chi connectivity index (χ0v) is 11.1. The van der Waals surface area contributed by atoms with E-state index in [9.17, 15) is 13.2 Å². The van der Waals surface area contributed by atoms with Gasteiger partial charge >= 0.3 is 6.18 Å². The number of hydrogen-bond donors (Lipinski definition) is 1. The van der Waals surface area contributed by atoms with E-state index in [1.54, 1.807) is 0 Å². The number of hydrogen-bond acceptors (Lipinski definition) is 1. The molecule has 0 heterocycles. The third-order valence-corrected chi connectivity index (χ3v) is 2.99. The highest BCUT2D eigenvalue weighted by Gasteiger charge is 2.25. The summed E-state index contributed by atoms with van der Waals surface area (Å²) >= 11 is 3.33. The molecule has 0 fully saturated rings. The lowest BCUT2D eigenvalue weighted by molar-refractivity contribution is -0.135. The molecule has 0 aliphatic heterocycles. The first-order valence-corrected chi connectivity index (χ1v) is 6.23. The van der Waals surface area contributed by atoms with Crippen molar-refractivity contribution in [1.82, 2.24) is 5.32 Å². The van der Waals surface area contributed by atoms with Crippen molar-refractivity contribution in [2.24, 2.45) is 0 Å². The summed E-state index contributed by atoms with van der Waals surface area (Å²) in [5.74, 6) is 0. The van der Waals surface area contributed by atoms with Crippen LogP contribution in [-0.4, -0.2) is 12.7 Å². The fraction of sp³-hybridized carbons (Fsp3) is 0.500. The molecule has 0 amide bonds. The van der Waals surface area contributed by atoms with E-state index in [1.807, 2.05) is 31.2 Å². The molecule has 1 rings (SSSR count). The zero-order valence-electron chi connectivity index (χ0n) is 9.52. The highest BCUT2D eigenvalue weighted by Crippen LogP contribution is 2.21. The van der Waals surface area contributed by atoms with Crippen LogP contribution in [0.1, 0.15) is 31.4 Å². The van der Waals surface area contributed by atoms with Crippen LogP contribution < -0.4 is 5.32 Å². The zero-order chi connectivity index (χ0) is 12.9. The summed E-state index contributed by atoms with van der Waals surface area (Å²) < 4.78 is 36.7. The summed E-state index contributed by atoms with van der Waals surface area (Å²) in [7, 11) is 0. The number of halogens is 4. The van der Waals surface area contributed by atoms with Crippen LogP contribution in [0.4, 0.5) is 13.2 Å². The average molecular weight is 310 g/mol. The molecule has 0 radical (unpaired) electrons. The maximum absolute atomic E-state index is 11.9. The molecule has 0 unspecified atom stereocenters. The van der Waals surface area contributed by atoms with Crippen LogP contribution in [0.15, 0.2) is 28.7 Å². The normalized spacial score (nSPS) is 13.7. The minimum absolute atomic E-state index is 0.0660. The molecule has 0 saturated carbocycles. The molecule has 1 aromatic rings. The second-order valence-corrected chi connectivity index (χ2v) is 4.86. The first-order valence-electron chi connectivity index (χ1n) is 5.44. The summed E-state index contributed by atoms with van der Waals surface area (Å²) in [5, 5.41) is 3.08.